The topological polar surface area (TPSA) is 134 Å². The van der Waals surface area contributed by atoms with Crippen LogP contribution in [-0.2, 0) is 4.79 Å². The fraction of sp³-hybridized carbons (Fsp3) is 0.286. The normalized spacial score (nSPS) is 14.7. The maximum Gasteiger partial charge on any atom is 0.315 e. The first-order valence-electron chi connectivity index (χ1n) is 6.34. The van der Waals surface area contributed by atoms with Crippen LogP contribution in [0.3, 0.4) is 0 Å². The second-order valence-corrected chi connectivity index (χ2v) is 4.78. The quantitative estimate of drug-likeness (QED) is 0.279. The molecule has 1 aromatic carbocycles. The van der Waals surface area contributed by atoms with Crippen molar-refractivity contribution in [2.75, 3.05) is 7.11 Å². The number of aliphatic hydroxyl groups excluding tert-OH is 1. The lowest BCUT2D eigenvalue weighted by atomic mass is 10.0. The molecule has 8 heteroatoms. The van der Waals surface area contributed by atoms with Gasteiger partial charge in [-0.3, -0.25) is 14.9 Å². The van der Waals surface area contributed by atoms with Gasteiger partial charge in [0, 0.05) is 17.5 Å². The Hall–Kier alpha value is -3.08. The van der Waals surface area contributed by atoms with E-state index < -0.39 is 33.5 Å². The molecule has 2 rings (SSSR count). The zero-order chi connectivity index (χ0) is 16.4. The molecule has 0 radical (unpaired) electrons. The van der Waals surface area contributed by atoms with Gasteiger partial charge in [-0.05, 0) is 18.9 Å². The van der Waals surface area contributed by atoms with Crippen LogP contribution >= 0.6 is 0 Å². The van der Waals surface area contributed by atoms with Crippen molar-refractivity contribution in [2.24, 2.45) is 5.92 Å². The molecule has 0 aliphatic heterocycles. The van der Waals surface area contributed by atoms with Gasteiger partial charge in [-0.25, -0.2) is 0 Å². The molecule has 0 spiro atoms. The lowest BCUT2D eigenvalue weighted by Crippen LogP contribution is -2.06. The van der Waals surface area contributed by atoms with Gasteiger partial charge in [0.05, 0.1) is 12.0 Å². The number of nitrogens with zero attached hydrogens (tertiary/aromatic N) is 2. The molecule has 0 amide bonds. The summed E-state index contributed by atoms with van der Waals surface area (Å²) in [6.45, 7) is 0. The summed E-state index contributed by atoms with van der Waals surface area (Å²) in [7, 11) is 1.18. The van der Waals surface area contributed by atoms with Crippen LogP contribution in [0.15, 0.2) is 17.7 Å². The number of ketones is 1. The summed E-state index contributed by atoms with van der Waals surface area (Å²) in [5, 5.41) is 39.8. The van der Waals surface area contributed by atoms with Crippen molar-refractivity contribution in [3.8, 4) is 17.6 Å². The zero-order valence-electron chi connectivity index (χ0n) is 11.6. The minimum Gasteiger partial charge on any atom is -0.506 e. The number of methoxy groups -OCH3 is 1. The average molecular weight is 304 g/mol. The van der Waals surface area contributed by atoms with Gasteiger partial charge < -0.3 is 14.9 Å². The number of aromatic hydroxyl groups is 1. The highest BCUT2D eigenvalue weighted by molar-refractivity contribution is 6.07. The molecule has 114 valence electrons. The first kappa shape index (κ1) is 15.3. The Balaban J connectivity index is 2.60. The highest BCUT2D eigenvalue weighted by atomic mass is 16.6. The smallest absolute Gasteiger partial charge is 0.315 e. The summed E-state index contributed by atoms with van der Waals surface area (Å²) in [5.74, 6) is -2.38. The summed E-state index contributed by atoms with van der Waals surface area (Å²) in [6, 6.07) is 3.63. The summed E-state index contributed by atoms with van der Waals surface area (Å²) < 4.78 is 4.80. The molecule has 1 aromatic rings. The molecule has 2 N–H and O–H groups in total. The maximum absolute atomic E-state index is 11.9. The van der Waals surface area contributed by atoms with Crippen LogP contribution in [0.1, 0.15) is 18.4 Å². The van der Waals surface area contributed by atoms with Gasteiger partial charge in [0.1, 0.15) is 17.4 Å². The van der Waals surface area contributed by atoms with Crippen molar-refractivity contribution in [3.05, 3.63) is 33.4 Å². The Morgan fingerprint density at radius 3 is 2.59 bits per heavy atom. The highest BCUT2D eigenvalue weighted by Crippen LogP contribution is 2.39. The van der Waals surface area contributed by atoms with Crippen molar-refractivity contribution in [2.45, 2.75) is 12.8 Å². The molecule has 1 aliphatic rings. The zero-order valence-corrected chi connectivity index (χ0v) is 11.6. The Labute approximate surface area is 125 Å². The van der Waals surface area contributed by atoms with E-state index in [1.54, 1.807) is 6.07 Å². The van der Waals surface area contributed by atoms with Crippen LogP contribution in [0.2, 0.25) is 0 Å². The van der Waals surface area contributed by atoms with Gasteiger partial charge in [-0.2, -0.15) is 5.26 Å². The van der Waals surface area contributed by atoms with E-state index in [4.69, 9.17) is 10.00 Å². The lowest BCUT2D eigenvalue weighted by molar-refractivity contribution is -0.386. The van der Waals surface area contributed by atoms with Crippen LogP contribution in [0.5, 0.6) is 11.5 Å². The van der Waals surface area contributed by atoms with Crippen molar-refractivity contribution < 1.29 is 24.7 Å². The van der Waals surface area contributed by atoms with E-state index >= 15 is 0 Å². The van der Waals surface area contributed by atoms with Crippen molar-refractivity contribution in [3.63, 3.8) is 0 Å². The number of rotatable bonds is 5. The minimum absolute atomic E-state index is 0.146. The SMILES string of the molecule is COc1cc(/C(O)=C(\C#N)C(=O)C2CC2)cc([N+](=O)[O-])c1O. The van der Waals surface area contributed by atoms with Gasteiger partial charge in [0.15, 0.2) is 11.5 Å². The first-order chi connectivity index (χ1) is 10.4. The van der Waals surface area contributed by atoms with E-state index in [-0.39, 0.29) is 17.2 Å². The Morgan fingerprint density at radius 1 is 1.50 bits per heavy atom. The molecule has 1 saturated carbocycles. The molecule has 0 unspecified atom stereocenters. The van der Waals surface area contributed by atoms with Crippen LogP contribution < -0.4 is 4.74 Å². The van der Waals surface area contributed by atoms with E-state index in [0.717, 1.165) is 12.1 Å². The fourth-order valence-corrected chi connectivity index (χ4v) is 1.94. The largest absolute Gasteiger partial charge is 0.506 e. The summed E-state index contributed by atoms with van der Waals surface area (Å²) in [5.41, 5.74) is -1.30. The number of hydrogen-bond acceptors (Lipinski definition) is 7. The van der Waals surface area contributed by atoms with Gasteiger partial charge in [0.25, 0.3) is 0 Å². The molecular formula is C14H12N2O6. The number of allylic oxidation sites excluding steroid dienone is 1. The van der Waals surface area contributed by atoms with Crippen molar-refractivity contribution >= 4 is 17.2 Å². The number of Topliss-reactive ketones (excluding diaryl/α,β-unsaturated/α-hetero) is 1. The number of benzene rings is 1. The van der Waals surface area contributed by atoms with E-state index in [1.807, 2.05) is 0 Å². The third-order valence-electron chi connectivity index (χ3n) is 3.29. The van der Waals surface area contributed by atoms with Gasteiger partial charge >= 0.3 is 5.69 Å². The average Bonchev–Trinajstić information content (AvgIpc) is 3.32. The summed E-state index contributed by atoms with van der Waals surface area (Å²) in [4.78, 5) is 22.0. The standard InChI is InChI=1S/C14H12N2O6/c1-22-11-5-8(4-10(14(11)19)16(20)21)13(18)9(6-15)12(17)7-2-3-7/h4-5,7,18-19H,2-3H2,1H3/b13-9-. The van der Waals surface area contributed by atoms with E-state index in [2.05, 4.69) is 0 Å². The third-order valence-corrected chi connectivity index (χ3v) is 3.29. The molecule has 1 aliphatic carbocycles. The molecule has 0 saturated heterocycles. The van der Waals surface area contributed by atoms with Crippen LogP contribution in [0.4, 0.5) is 5.69 Å². The second-order valence-electron chi connectivity index (χ2n) is 4.78. The van der Waals surface area contributed by atoms with E-state index in [0.29, 0.717) is 12.8 Å². The van der Waals surface area contributed by atoms with E-state index in [9.17, 15) is 25.1 Å². The van der Waals surface area contributed by atoms with E-state index in [1.165, 1.54) is 7.11 Å². The first-order valence-corrected chi connectivity index (χ1v) is 6.34. The number of hydrogen-bond donors (Lipinski definition) is 2. The number of ether oxygens (including phenoxy) is 1. The number of phenolic OH excluding ortho intramolecular Hbond substituents is 1. The number of phenols is 1. The lowest BCUT2D eigenvalue weighted by Gasteiger charge is -2.08. The molecular weight excluding hydrogens is 292 g/mol. The monoisotopic (exact) mass is 304 g/mol. The number of nitriles is 1. The van der Waals surface area contributed by atoms with Crippen LogP contribution in [0.25, 0.3) is 5.76 Å². The molecule has 0 atom stereocenters. The summed E-state index contributed by atoms with van der Waals surface area (Å²) in [6.07, 6.45) is 1.30. The Bertz CT molecular complexity index is 728. The predicted molar refractivity (Wildman–Crippen MR) is 74.2 cm³/mol. The molecule has 8 nitrogen and oxygen atoms in total. The van der Waals surface area contributed by atoms with Crippen molar-refractivity contribution in [1.29, 1.82) is 5.26 Å². The summed E-state index contributed by atoms with van der Waals surface area (Å²) >= 11 is 0. The highest BCUT2D eigenvalue weighted by Gasteiger charge is 2.34. The molecule has 0 bridgehead atoms. The maximum atomic E-state index is 11.9. The number of nitro benzene ring substituents is 1. The number of nitro groups is 1. The minimum atomic E-state index is -0.858. The molecule has 0 heterocycles. The van der Waals surface area contributed by atoms with Gasteiger partial charge in [-0.15, -0.1) is 0 Å². The molecule has 0 aromatic heterocycles. The number of aliphatic hydroxyl groups is 1. The van der Waals surface area contributed by atoms with Crippen LogP contribution in [-0.4, -0.2) is 28.0 Å². The molecule has 22 heavy (non-hydrogen) atoms. The van der Waals surface area contributed by atoms with Crippen molar-refractivity contribution in [1.82, 2.24) is 0 Å². The second kappa shape index (κ2) is 5.73. The number of carbonyl (C=O) groups excluding carboxylic acids is 1. The predicted octanol–water partition coefficient (Wildman–Crippen LogP) is 2.08. The van der Waals surface area contributed by atoms with Gasteiger partial charge in [0.2, 0.25) is 5.75 Å². The Kier molecular flexibility index (Phi) is 3.99. The van der Waals surface area contributed by atoms with Gasteiger partial charge in [-0.1, -0.05) is 0 Å². The Morgan fingerprint density at radius 2 is 2.14 bits per heavy atom. The fourth-order valence-electron chi connectivity index (χ4n) is 1.94. The molecule has 1 fully saturated rings. The number of carbonyl (C=O) groups is 1. The van der Waals surface area contributed by atoms with Crippen LogP contribution in [0, 0.1) is 27.4 Å². The third kappa shape index (κ3) is 2.69.